The van der Waals surface area contributed by atoms with Crippen molar-refractivity contribution in [3.05, 3.63) is 101 Å². The molecule has 3 aromatic carbocycles. The lowest BCUT2D eigenvalue weighted by atomic mass is 10.0. The average Bonchev–Trinajstić information content (AvgIpc) is 3.56. The molecule has 0 aromatic heterocycles. The van der Waals surface area contributed by atoms with E-state index in [1.54, 1.807) is 43.5 Å². The zero-order chi connectivity index (χ0) is 30.0. The second-order valence-electron chi connectivity index (χ2n) is 10.4. The summed E-state index contributed by atoms with van der Waals surface area (Å²) < 4.78 is 46.0. The largest absolute Gasteiger partial charge is 0.385 e. The molecule has 1 atom stereocenters. The van der Waals surface area contributed by atoms with Crippen LogP contribution in [0, 0.1) is 5.82 Å². The highest BCUT2D eigenvalue weighted by atomic mass is 32.2. The van der Waals surface area contributed by atoms with Crippen LogP contribution in [0.2, 0.25) is 0 Å². The lowest BCUT2D eigenvalue weighted by Crippen LogP contribution is -2.43. The zero-order valence-corrected chi connectivity index (χ0v) is 24.7. The van der Waals surface area contributed by atoms with E-state index in [4.69, 9.17) is 4.74 Å². The van der Waals surface area contributed by atoms with Gasteiger partial charge in [-0.05, 0) is 66.6 Å². The maximum absolute atomic E-state index is 13.8. The third kappa shape index (κ3) is 8.24. The predicted molar refractivity (Wildman–Crippen MR) is 158 cm³/mol. The highest BCUT2D eigenvalue weighted by molar-refractivity contribution is 7.89. The molecular formula is C32H38FN3O5S. The maximum atomic E-state index is 13.8. The number of aryl methyl sites for hydroxylation is 1. The number of halogens is 1. The van der Waals surface area contributed by atoms with Crippen molar-refractivity contribution in [3.8, 4) is 0 Å². The fourth-order valence-electron chi connectivity index (χ4n) is 5.04. The van der Waals surface area contributed by atoms with Gasteiger partial charge >= 0.3 is 0 Å². The number of hydrogen-bond donors (Lipinski definition) is 1. The first-order valence-corrected chi connectivity index (χ1v) is 15.7. The van der Waals surface area contributed by atoms with Crippen molar-refractivity contribution < 1.29 is 27.1 Å². The fourth-order valence-corrected chi connectivity index (χ4v) is 6.56. The summed E-state index contributed by atoms with van der Waals surface area (Å²) in [5, 5.41) is 2.93. The Balaban J connectivity index is 1.54. The van der Waals surface area contributed by atoms with Gasteiger partial charge in [-0.3, -0.25) is 9.59 Å². The first-order valence-electron chi connectivity index (χ1n) is 14.2. The Morgan fingerprint density at radius 3 is 2.24 bits per heavy atom. The van der Waals surface area contributed by atoms with Crippen LogP contribution in [0.15, 0.2) is 83.8 Å². The van der Waals surface area contributed by atoms with Gasteiger partial charge in [0.25, 0.3) is 0 Å². The molecule has 3 aromatic rings. The van der Waals surface area contributed by atoms with E-state index in [2.05, 4.69) is 5.32 Å². The van der Waals surface area contributed by atoms with Gasteiger partial charge in [0.2, 0.25) is 21.8 Å². The molecule has 1 aliphatic rings. The third-order valence-electron chi connectivity index (χ3n) is 7.34. The maximum Gasteiger partial charge on any atom is 0.247 e. The van der Waals surface area contributed by atoms with Crippen molar-refractivity contribution in [2.24, 2.45) is 0 Å². The number of sulfonamides is 1. The van der Waals surface area contributed by atoms with Gasteiger partial charge in [0, 0.05) is 46.3 Å². The van der Waals surface area contributed by atoms with E-state index in [0.717, 1.165) is 18.4 Å². The Labute approximate surface area is 247 Å². The van der Waals surface area contributed by atoms with E-state index in [-0.39, 0.29) is 35.5 Å². The van der Waals surface area contributed by atoms with Gasteiger partial charge < -0.3 is 15.0 Å². The quantitative estimate of drug-likeness (QED) is 0.278. The van der Waals surface area contributed by atoms with E-state index >= 15 is 0 Å². The van der Waals surface area contributed by atoms with Gasteiger partial charge in [0.05, 0.1) is 4.90 Å². The van der Waals surface area contributed by atoms with Gasteiger partial charge in [0.1, 0.15) is 11.9 Å². The van der Waals surface area contributed by atoms with Crippen LogP contribution in [-0.2, 0) is 37.3 Å². The van der Waals surface area contributed by atoms with Crippen LogP contribution >= 0.6 is 0 Å². The predicted octanol–water partition coefficient (Wildman–Crippen LogP) is 4.47. The number of hydrogen-bond acceptors (Lipinski definition) is 5. The summed E-state index contributed by atoms with van der Waals surface area (Å²) >= 11 is 0. The highest BCUT2D eigenvalue weighted by Gasteiger charge is 2.31. The van der Waals surface area contributed by atoms with Gasteiger partial charge in [0.15, 0.2) is 0 Å². The van der Waals surface area contributed by atoms with Crippen LogP contribution in [0.1, 0.15) is 48.4 Å². The molecule has 0 saturated carbocycles. The molecule has 42 heavy (non-hydrogen) atoms. The Hall–Kier alpha value is -3.60. The second kappa shape index (κ2) is 15.0. The smallest absolute Gasteiger partial charge is 0.247 e. The monoisotopic (exact) mass is 595 g/mol. The molecule has 1 heterocycles. The Kier molecular flexibility index (Phi) is 11.2. The van der Waals surface area contributed by atoms with Crippen molar-refractivity contribution >= 4 is 21.8 Å². The average molecular weight is 596 g/mol. The number of rotatable bonds is 14. The number of amides is 2. The third-order valence-corrected chi connectivity index (χ3v) is 9.25. The molecule has 2 amide bonds. The Bertz CT molecular complexity index is 1410. The topological polar surface area (TPSA) is 96.0 Å². The summed E-state index contributed by atoms with van der Waals surface area (Å²) in [4.78, 5) is 29.1. The molecule has 0 aliphatic carbocycles. The molecule has 0 radical (unpaired) electrons. The normalized spacial score (nSPS) is 14.4. The molecule has 1 saturated heterocycles. The number of nitrogens with one attached hydrogen (secondary N) is 1. The molecule has 0 bridgehead atoms. The van der Waals surface area contributed by atoms with Crippen LogP contribution in [-0.4, -0.2) is 62.8 Å². The van der Waals surface area contributed by atoms with Crippen LogP contribution in [0.25, 0.3) is 0 Å². The lowest BCUT2D eigenvalue weighted by Gasteiger charge is -2.32. The van der Waals surface area contributed by atoms with E-state index in [1.807, 2.05) is 30.3 Å². The molecule has 1 aliphatic heterocycles. The number of methoxy groups -OCH3 is 1. The zero-order valence-electron chi connectivity index (χ0n) is 23.9. The first-order chi connectivity index (χ1) is 20.3. The molecule has 1 unspecified atom stereocenters. The number of nitrogens with zero attached hydrogens (tertiary/aromatic N) is 2. The van der Waals surface area contributed by atoms with Crippen LogP contribution in [0.4, 0.5) is 4.39 Å². The SMILES string of the molecule is COCCCNC(=O)C(c1ccccc1)N(Cc1ccc(F)cc1)C(=O)CCc1ccc(S(=O)(=O)N2CCCC2)cc1. The van der Waals surface area contributed by atoms with Crippen LogP contribution in [0.3, 0.4) is 0 Å². The highest BCUT2D eigenvalue weighted by Crippen LogP contribution is 2.26. The standard InChI is InChI=1S/C32H38FN3O5S/c1-41-23-7-20-34-32(38)31(27-8-3-2-4-9-27)36(24-26-10-15-28(33)16-11-26)30(37)19-14-25-12-17-29(18-13-25)42(39,40)35-21-5-6-22-35/h2-4,8-13,15-18,31H,5-7,14,19-24H2,1H3,(H,34,38). The molecule has 224 valence electrons. The minimum Gasteiger partial charge on any atom is -0.385 e. The molecule has 8 nitrogen and oxygen atoms in total. The Morgan fingerprint density at radius 1 is 0.952 bits per heavy atom. The van der Waals surface area contributed by atoms with Crippen LogP contribution < -0.4 is 5.32 Å². The summed E-state index contributed by atoms with van der Waals surface area (Å²) in [6, 6.07) is 20.7. The molecule has 0 spiro atoms. The van der Waals surface area contributed by atoms with Gasteiger partial charge in [-0.15, -0.1) is 0 Å². The Morgan fingerprint density at radius 2 is 1.60 bits per heavy atom. The molecular weight excluding hydrogens is 557 g/mol. The summed E-state index contributed by atoms with van der Waals surface area (Å²) in [5.74, 6) is -0.958. The summed E-state index contributed by atoms with van der Waals surface area (Å²) in [7, 11) is -1.93. The van der Waals surface area contributed by atoms with Crippen LogP contribution in [0.5, 0.6) is 0 Å². The van der Waals surface area contributed by atoms with E-state index in [9.17, 15) is 22.4 Å². The minimum absolute atomic E-state index is 0.0969. The van der Waals surface area contributed by atoms with Crippen molar-refractivity contribution in [1.82, 2.24) is 14.5 Å². The molecule has 4 rings (SSSR count). The van der Waals surface area contributed by atoms with Crippen molar-refractivity contribution in [2.45, 2.75) is 49.6 Å². The van der Waals surface area contributed by atoms with Gasteiger partial charge in [-0.2, -0.15) is 4.31 Å². The van der Waals surface area contributed by atoms with Crippen molar-refractivity contribution in [2.75, 3.05) is 33.4 Å². The summed E-state index contributed by atoms with van der Waals surface area (Å²) in [6.45, 7) is 2.06. The summed E-state index contributed by atoms with van der Waals surface area (Å²) in [5.41, 5.74) is 2.16. The molecule has 1 N–H and O–H groups in total. The fraction of sp³-hybridized carbons (Fsp3) is 0.375. The second-order valence-corrected chi connectivity index (χ2v) is 12.3. The number of ether oxygens (including phenoxy) is 1. The van der Waals surface area contributed by atoms with E-state index in [0.29, 0.717) is 50.2 Å². The minimum atomic E-state index is -3.52. The van der Waals surface area contributed by atoms with Crippen molar-refractivity contribution in [3.63, 3.8) is 0 Å². The lowest BCUT2D eigenvalue weighted by molar-refractivity contribution is -0.141. The summed E-state index contributed by atoms with van der Waals surface area (Å²) in [6.07, 6.45) is 2.81. The molecule has 10 heteroatoms. The first kappa shape index (κ1) is 31.3. The number of carbonyl (C=O) groups is 2. The number of carbonyl (C=O) groups excluding carboxylic acids is 2. The molecule has 1 fully saturated rings. The van der Waals surface area contributed by atoms with Gasteiger partial charge in [-0.25, -0.2) is 12.8 Å². The van der Waals surface area contributed by atoms with E-state index < -0.39 is 16.1 Å². The van der Waals surface area contributed by atoms with Crippen molar-refractivity contribution in [1.29, 1.82) is 0 Å². The number of benzene rings is 3. The van der Waals surface area contributed by atoms with E-state index in [1.165, 1.54) is 21.3 Å². The van der Waals surface area contributed by atoms with Gasteiger partial charge in [-0.1, -0.05) is 54.6 Å².